The van der Waals surface area contributed by atoms with Crippen molar-refractivity contribution in [1.82, 2.24) is 0 Å². The molecule has 0 bridgehead atoms. The van der Waals surface area contributed by atoms with Gasteiger partial charge in [0.1, 0.15) is 5.58 Å². The highest BCUT2D eigenvalue weighted by molar-refractivity contribution is 9.11. The summed E-state index contributed by atoms with van der Waals surface area (Å²) in [7, 11) is 0. The van der Waals surface area contributed by atoms with Gasteiger partial charge in [-0.15, -0.1) is 0 Å². The number of para-hydroxylation sites is 2. The first-order chi connectivity index (χ1) is 17.5. The van der Waals surface area contributed by atoms with E-state index in [0.717, 1.165) is 38.5 Å². The Labute approximate surface area is 219 Å². The van der Waals surface area contributed by atoms with Crippen molar-refractivity contribution in [3.05, 3.63) is 119 Å². The quantitative estimate of drug-likeness (QED) is 0.230. The molecule has 0 saturated carbocycles. The zero-order valence-corrected chi connectivity index (χ0v) is 21.9. The number of benzene rings is 4. The lowest BCUT2D eigenvalue weighted by molar-refractivity contribution is 0.659. The predicted octanol–water partition coefficient (Wildman–Crippen LogP) is 9.64. The van der Waals surface area contributed by atoms with Crippen LogP contribution in [0.1, 0.15) is 31.4 Å². The summed E-state index contributed by atoms with van der Waals surface area (Å²) < 4.78 is 7.67. The van der Waals surface area contributed by atoms with Gasteiger partial charge in [0.25, 0.3) is 0 Å². The highest BCUT2D eigenvalue weighted by Gasteiger charge is 2.38. The maximum absolute atomic E-state index is 6.54. The number of furan rings is 1. The molecule has 1 aromatic heterocycles. The van der Waals surface area contributed by atoms with E-state index < -0.39 is 0 Å². The largest absolute Gasteiger partial charge is 0.454 e. The van der Waals surface area contributed by atoms with Crippen LogP contribution in [0.4, 0.5) is 11.4 Å². The molecule has 4 aromatic carbocycles. The van der Waals surface area contributed by atoms with Crippen molar-refractivity contribution in [2.75, 3.05) is 4.90 Å². The maximum atomic E-state index is 6.54. The highest BCUT2D eigenvalue weighted by atomic mass is 79.9. The first-order valence-corrected chi connectivity index (χ1v) is 13.3. The number of halogens is 1. The van der Waals surface area contributed by atoms with E-state index in [4.69, 9.17) is 4.42 Å². The number of hydrogen-bond acceptors (Lipinski definition) is 2. The average molecular weight is 532 g/mol. The lowest BCUT2D eigenvalue weighted by Gasteiger charge is -2.34. The van der Waals surface area contributed by atoms with E-state index in [-0.39, 0.29) is 11.5 Å². The lowest BCUT2D eigenvalue weighted by atomic mass is 9.82. The molecule has 1 unspecified atom stereocenters. The summed E-state index contributed by atoms with van der Waals surface area (Å²) in [5.74, 6) is 0. The van der Waals surface area contributed by atoms with E-state index in [1.807, 2.05) is 6.07 Å². The van der Waals surface area contributed by atoms with Gasteiger partial charge in [0, 0.05) is 31.9 Å². The Bertz CT molecular complexity index is 1720. The first-order valence-electron chi connectivity index (χ1n) is 12.5. The topological polar surface area (TPSA) is 16.4 Å². The van der Waals surface area contributed by atoms with Crippen LogP contribution < -0.4 is 4.90 Å². The van der Waals surface area contributed by atoms with E-state index in [1.54, 1.807) is 0 Å². The molecule has 2 nitrogen and oxygen atoms in total. The van der Waals surface area contributed by atoms with Crippen molar-refractivity contribution in [3.8, 4) is 11.1 Å². The van der Waals surface area contributed by atoms with Gasteiger partial charge in [-0.25, -0.2) is 0 Å². The molecule has 36 heavy (non-hydrogen) atoms. The monoisotopic (exact) mass is 531 g/mol. The minimum Gasteiger partial charge on any atom is -0.454 e. The zero-order valence-electron chi connectivity index (χ0n) is 20.3. The van der Waals surface area contributed by atoms with Gasteiger partial charge < -0.3 is 9.32 Å². The van der Waals surface area contributed by atoms with Crippen LogP contribution in [0.2, 0.25) is 0 Å². The minimum absolute atomic E-state index is 0.0513. The Hall–Kier alpha value is -3.56. The van der Waals surface area contributed by atoms with Gasteiger partial charge in [-0.05, 0) is 41.3 Å². The van der Waals surface area contributed by atoms with Gasteiger partial charge >= 0.3 is 0 Å². The molecule has 0 saturated heterocycles. The third-order valence-electron chi connectivity index (χ3n) is 7.85. The minimum atomic E-state index is -0.0513. The van der Waals surface area contributed by atoms with Crippen LogP contribution in [0, 0.1) is 0 Å². The van der Waals surface area contributed by atoms with E-state index in [2.05, 4.69) is 132 Å². The second-order valence-corrected chi connectivity index (χ2v) is 11.2. The van der Waals surface area contributed by atoms with Crippen LogP contribution in [0.5, 0.6) is 0 Å². The Morgan fingerprint density at radius 1 is 0.806 bits per heavy atom. The summed E-state index contributed by atoms with van der Waals surface area (Å²) in [6, 6.07) is 30.7. The molecular formula is C33H26BrNO. The van der Waals surface area contributed by atoms with Crippen LogP contribution in [-0.4, -0.2) is 6.04 Å². The van der Waals surface area contributed by atoms with Gasteiger partial charge in [-0.2, -0.15) is 0 Å². The average Bonchev–Trinajstić information content (AvgIpc) is 3.40. The standard InChI is InChI=1S/C33H26BrNO/c1-33(2)26-12-5-3-10-25(26)31-27(33)13-8-14-28(31)35(22-19-17-21(34)18-20-22)29-15-7-11-24-23-9-4-6-16-30(23)36-32(24)29/h3-19,22H,20H2,1-2H3. The summed E-state index contributed by atoms with van der Waals surface area (Å²) in [4.78, 5) is 2.49. The van der Waals surface area contributed by atoms with Gasteiger partial charge in [0.05, 0.1) is 11.7 Å². The fourth-order valence-electron chi connectivity index (χ4n) is 6.12. The number of allylic oxidation sites excluding steroid dienone is 2. The molecule has 0 spiro atoms. The number of anilines is 2. The Morgan fingerprint density at radius 3 is 2.39 bits per heavy atom. The second kappa shape index (κ2) is 7.97. The molecule has 2 aliphatic rings. The van der Waals surface area contributed by atoms with Gasteiger partial charge in [-0.3, -0.25) is 0 Å². The van der Waals surface area contributed by atoms with E-state index in [9.17, 15) is 0 Å². The summed E-state index contributed by atoms with van der Waals surface area (Å²) >= 11 is 3.66. The summed E-state index contributed by atoms with van der Waals surface area (Å²) in [5.41, 5.74) is 9.54. The molecule has 3 heteroatoms. The van der Waals surface area contributed by atoms with Gasteiger partial charge in [0.2, 0.25) is 0 Å². The molecule has 0 fully saturated rings. The maximum Gasteiger partial charge on any atom is 0.159 e. The van der Waals surface area contributed by atoms with Crippen molar-refractivity contribution in [3.63, 3.8) is 0 Å². The number of rotatable bonds is 3. The van der Waals surface area contributed by atoms with Crippen LogP contribution in [0.3, 0.4) is 0 Å². The molecule has 0 N–H and O–H groups in total. The molecule has 5 aromatic rings. The molecule has 2 aliphatic carbocycles. The summed E-state index contributed by atoms with van der Waals surface area (Å²) in [6.07, 6.45) is 7.64. The van der Waals surface area contributed by atoms with Gasteiger partial charge in [-0.1, -0.05) is 115 Å². The van der Waals surface area contributed by atoms with E-state index in [0.29, 0.717) is 0 Å². The third kappa shape index (κ3) is 3.09. The van der Waals surface area contributed by atoms with Crippen LogP contribution in [0.15, 0.2) is 112 Å². The Balaban J connectivity index is 1.53. The predicted molar refractivity (Wildman–Crippen MR) is 154 cm³/mol. The molecule has 0 radical (unpaired) electrons. The van der Waals surface area contributed by atoms with Crippen LogP contribution in [-0.2, 0) is 5.41 Å². The second-order valence-electron chi connectivity index (χ2n) is 10.2. The van der Waals surface area contributed by atoms with Crippen LogP contribution >= 0.6 is 15.9 Å². The van der Waals surface area contributed by atoms with E-state index >= 15 is 0 Å². The fourth-order valence-corrected chi connectivity index (χ4v) is 6.46. The highest BCUT2D eigenvalue weighted by Crippen LogP contribution is 2.54. The van der Waals surface area contributed by atoms with Crippen molar-refractivity contribution >= 4 is 49.2 Å². The molecule has 1 heterocycles. The Kier molecular flexibility index (Phi) is 4.81. The molecule has 0 amide bonds. The SMILES string of the molecule is CC1(C)c2ccccc2-c2c(N(c3cccc4c3oc3ccccc34)C3C=CC(Br)=CC3)cccc21. The van der Waals surface area contributed by atoms with E-state index in [1.165, 1.54) is 27.9 Å². The van der Waals surface area contributed by atoms with Crippen molar-refractivity contribution < 1.29 is 4.42 Å². The van der Waals surface area contributed by atoms with Crippen molar-refractivity contribution in [2.24, 2.45) is 0 Å². The molecular weight excluding hydrogens is 506 g/mol. The molecule has 1 atom stereocenters. The Morgan fingerprint density at radius 2 is 1.53 bits per heavy atom. The molecule has 0 aliphatic heterocycles. The van der Waals surface area contributed by atoms with Crippen LogP contribution in [0.25, 0.3) is 33.1 Å². The number of fused-ring (bicyclic) bond motifs is 6. The fraction of sp³-hybridized carbons (Fsp3) is 0.152. The zero-order chi connectivity index (χ0) is 24.4. The lowest BCUT2D eigenvalue weighted by Crippen LogP contribution is -2.30. The third-order valence-corrected chi connectivity index (χ3v) is 8.44. The molecule has 176 valence electrons. The van der Waals surface area contributed by atoms with Crippen molar-refractivity contribution in [1.29, 1.82) is 0 Å². The summed E-state index contributed by atoms with van der Waals surface area (Å²) in [6.45, 7) is 4.68. The normalized spacial score (nSPS) is 17.8. The first kappa shape index (κ1) is 21.7. The smallest absolute Gasteiger partial charge is 0.159 e. The number of hydrogen-bond donors (Lipinski definition) is 0. The van der Waals surface area contributed by atoms with Gasteiger partial charge in [0.15, 0.2) is 5.58 Å². The summed E-state index contributed by atoms with van der Waals surface area (Å²) in [5, 5.41) is 2.30. The molecule has 7 rings (SSSR count). The van der Waals surface area contributed by atoms with Crippen molar-refractivity contribution in [2.45, 2.75) is 31.7 Å². The number of nitrogens with zero attached hydrogens (tertiary/aromatic N) is 1.